The first-order valence-corrected chi connectivity index (χ1v) is 8.10. The molecule has 1 heterocycles. The molecule has 0 aromatic heterocycles. The highest BCUT2D eigenvalue weighted by atomic mass is 16.5. The van der Waals surface area contributed by atoms with Gasteiger partial charge in [-0.05, 0) is 50.8 Å². The number of anilines is 1. The Labute approximate surface area is 122 Å². The zero-order valence-corrected chi connectivity index (χ0v) is 12.5. The smallest absolute Gasteiger partial charge is 0.142 e. The SMILES string of the molecule is CCNC1CCC(N2CCCOc3ccccc32)CC1. The molecule has 1 saturated carbocycles. The Kier molecular flexibility index (Phi) is 4.46. The van der Waals surface area contributed by atoms with E-state index in [1.165, 1.54) is 31.4 Å². The molecule has 3 nitrogen and oxygen atoms in total. The predicted octanol–water partition coefficient (Wildman–Crippen LogP) is 3.20. The highest BCUT2D eigenvalue weighted by Gasteiger charge is 2.28. The van der Waals surface area contributed by atoms with Crippen LogP contribution >= 0.6 is 0 Å². The summed E-state index contributed by atoms with van der Waals surface area (Å²) in [5.74, 6) is 1.07. The molecule has 0 spiro atoms. The van der Waals surface area contributed by atoms with Crippen LogP contribution in [0.3, 0.4) is 0 Å². The van der Waals surface area contributed by atoms with Gasteiger partial charge in [0, 0.05) is 18.6 Å². The van der Waals surface area contributed by atoms with Gasteiger partial charge in [0.05, 0.1) is 12.3 Å². The van der Waals surface area contributed by atoms with Crippen molar-refractivity contribution in [1.82, 2.24) is 5.32 Å². The van der Waals surface area contributed by atoms with Crippen LogP contribution in [0.4, 0.5) is 5.69 Å². The fourth-order valence-electron chi connectivity index (χ4n) is 3.61. The van der Waals surface area contributed by atoms with Gasteiger partial charge >= 0.3 is 0 Å². The van der Waals surface area contributed by atoms with Crippen LogP contribution in [0.25, 0.3) is 0 Å². The Hall–Kier alpha value is -1.22. The molecule has 1 aliphatic carbocycles. The van der Waals surface area contributed by atoms with E-state index in [0.717, 1.165) is 37.9 Å². The third kappa shape index (κ3) is 2.93. The topological polar surface area (TPSA) is 24.5 Å². The lowest BCUT2D eigenvalue weighted by atomic mass is 9.89. The van der Waals surface area contributed by atoms with Crippen LogP contribution in [0.15, 0.2) is 24.3 Å². The molecule has 3 rings (SSSR count). The maximum Gasteiger partial charge on any atom is 0.142 e. The van der Waals surface area contributed by atoms with Gasteiger partial charge in [-0.2, -0.15) is 0 Å². The number of benzene rings is 1. The lowest BCUT2D eigenvalue weighted by molar-refractivity contribution is 0.318. The Bertz CT molecular complexity index is 427. The fourth-order valence-corrected chi connectivity index (χ4v) is 3.61. The number of hydrogen-bond donors (Lipinski definition) is 1. The summed E-state index contributed by atoms with van der Waals surface area (Å²) in [6.45, 7) is 5.28. The van der Waals surface area contributed by atoms with Crippen LogP contribution < -0.4 is 15.0 Å². The maximum atomic E-state index is 5.88. The summed E-state index contributed by atoms with van der Waals surface area (Å²) in [4.78, 5) is 2.60. The van der Waals surface area contributed by atoms with E-state index in [1.807, 2.05) is 0 Å². The number of hydrogen-bond acceptors (Lipinski definition) is 3. The summed E-state index contributed by atoms with van der Waals surface area (Å²) >= 11 is 0. The first-order valence-electron chi connectivity index (χ1n) is 8.10. The van der Waals surface area contributed by atoms with Crippen molar-refractivity contribution < 1.29 is 4.74 Å². The van der Waals surface area contributed by atoms with E-state index in [0.29, 0.717) is 6.04 Å². The second kappa shape index (κ2) is 6.49. The molecule has 1 aromatic carbocycles. The van der Waals surface area contributed by atoms with Crippen molar-refractivity contribution in [3.63, 3.8) is 0 Å². The molecule has 3 heteroatoms. The summed E-state index contributed by atoms with van der Waals surface area (Å²) < 4.78 is 5.88. The molecule has 1 fully saturated rings. The first-order chi connectivity index (χ1) is 9.88. The second-order valence-electron chi connectivity index (χ2n) is 5.93. The Balaban J connectivity index is 1.71. The van der Waals surface area contributed by atoms with Crippen molar-refractivity contribution in [3.8, 4) is 5.75 Å². The molecule has 1 aromatic rings. The number of ether oxygens (including phenoxy) is 1. The van der Waals surface area contributed by atoms with Crippen molar-refractivity contribution in [2.45, 2.75) is 51.1 Å². The van der Waals surface area contributed by atoms with Gasteiger partial charge in [-0.3, -0.25) is 0 Å². The zero-order chi connectivity index (χ0) is 13.8. The molecule has 0 atom stereocenters. The van der Waals surface area contributed by atoms with Crippen LogP contribution in [-0.4, -0.2) is 31.8 Å². The van der Waals surface area contributed by atoms with Gasteiger partial charge < -0.3 is 15.0 Å². The van der Waals surface area contributed by atoms with Gasteiger partial charge in [-0.25, -0.2) is 0 Å². The standard InChI is InChI=1S/C17H26N2O/c1-2-18-14-8-10-15(11-9-14)19-12-5-13-20-17-7-4-3-6-16(17)19/h3-4,6-7,14-15,18H,2,5,8-13H2,1H3. The van der Waals surface area contributed by atoms with Crippen LogP contribution in [-0.2, 0) is 0 Å². The second-order valence-corrected chi connectivity index (χ2v) is 5.93. The van der Waals surface area contributed by atoms with E-state index in [4.69, 9.17) is 4.74 Å². The van der Waals surface area contributed by atoms with E-state index in [2.05, 4.69) is 41.4 Å². The minimum atomic E-state index is 0.688. The Morgan fingerprint density at radius 1 is 1.20 bits per heavy atom. The largest absolute Gasteiger partial charge is 0.491 e. The molecular formula is C17H26N2O. The van der Waals surface area contributed by atoms with Crippen LogP contribution in [0.1, 0.15) is 39.0 Å². The van der Waals surface area contributed by atoms with Gasteiger partial charge in [0.2, 0.25) is 0 Å². The minimum absolute atomic E-state index is 0.688. The predicted molar refractivity (Wildman–Crippen MR) is 83.6 cm³/mol. The highest BCUT2D eigenvalue weighted by molar-refractivity contribution is 5.59. The third-order valence-corrected chi connectivity index (χ3v) is 4.61. The number of rotatable bonds is 3. The molecule has 0 amide bonds. The van der Waals surface area contributed by atoms with Crippen LogP contribution in [0, 0.1) is 0 Å². The van der Waals surface area contributed by atoms with Gasteiger partial charge in [-0.15, -0.1) is 0 Å². The minimum Gasteiger partial charge on any atom is -0.491 e. The Morgan fingerprint density at radius 2 is 2.00 bits per heavy atom. The molecule has 0 unspecified atom stereocenters. The summed E-state index contributed by atoms with van der Waals surface area (Å²) in [7, 11) is 0. The van der Waals surface area contributed by atoms with E-state index in [-0.39, 0.29) is 0 Å². The fraction of sp³-hybridized carbons (Fsp3) is 0.647. The van der Waals surface area contributed by atoms with Crippen molar-refractivity contribution >= 4 is 5.69 Å². The number of para-hydroxylation sites is 2. The van der Waals surface area contributed by atoms with Gasteiger partial charge in [-0.1, -0.05) is 19.1 Å². The molecule has 20 heavy (non-hydrogen) atoms. The third-order valence-electron chi connectivity index (χ3n) is 4.61. The van der Waals surface area contributed by atoms with Crippen molar-refractivity contribution in [1.29, 1.82) is 0 Å². The average Bonchev–Trinajstić information content (AvgIpc) is 2.71. The first kappa shape index (κ1) is 13.7. The highest BCUT2D eigenvalue weighted by Crippen LogP contribution is 2.35. The van der Waals surface area contributed by atoms with Crippen molar-refractivity contribution in [2.75, 3.05) is 24.6 Å². The van der Waals surface area contributed by atoms with E-state index >= 15 is 0 Å². The summed E-state index contributed by atoms with van der Waals surface area (Å²) in [6.07, 6.45) is 6.33. The summed E-state index contributed by atoms with van der Waals surface area (Å²) in [6, 6.07) is 9.95. The van der Waals surface area contributed by atoms with Gasteiger partial charge in [0.25, 0.3) is 0 Å². The Morgan fingerprint density at radius 3 is 2.80 bits per heavy atom. The maximum absolute atomic E-state index is 5.88. The lowest BCUT2D eigenvalue weighted by Gasteiger charge is -2.38. The molecule has 1 N–H and O–H groups in total. The molecular weight excluding hydrogens is 248 g/mol. The van der Waals surface area contributed by atoms with Crippen molar-refractivity contribution in [3.05, 3.63) is 24.3 Å². The van der Waals surface area contributed by atoms with E-state index < -0.39 is 0 Å². The normalized spacial score (nSPS) is 26.6. The van der Waals surface area contributed by atoms with Crippen LogP contribution in [0.5, 0.6) is 5.75 Å². The molecule has 0 radical (unpaired) electrons. The lowest BCUT2D eigenvalue weighted by Crippen LogP contribution is -2.42. The number of nitrogens with one attached hydrogen (secondary N) is 1. The number of nitrogens with zero attached hydrogens (tertiary/aromatic N) is 1. The van der Waals surface area contributed by atoms with Gasteiger partial charge in [0.1, 0.15) is 5.75 Å². The summed E-state index contributed by atoms with van der Waals surface area (Å²) in [5, 5.41) is 3.60. The number of fused-ring (bicyclic) bond motifs is 1. The quantitative estimate of drug-likeness (QED) is 0.916. The zero-order valence-electron chi connectivity index (χ0n) is 12.5. The molecule has 0 bridgehead atoms. The van der Waals surface area contributed by atoms with Gasteiger partial charge in [0.15, 0.2) is 0 Å². The average molecular weight is 274 g/mol. The molecule has 0 saturated heterocycles. The molecule has 110 valence electrons. The summed E-state index contributed by atoms with van der Waals surface area (Å²) in [5.41, 5.74) is 1.30. The monoisotopic (exact) mass is 274 g/mol. The van der Waals surface area contributed by atoms with E-state index in [9.17, 15) is 0 Å². The molecule has 1 aliphatic heterocycles. The van der Waals surface area contributed by atoms with Crippen molar-refractivity contribution in [2.24, 2.45) is 0 Å². The van der Waals surface area contributed by atoms with E-state index in [1.54, 1.807) is 0 Å². The van der Waals surface area contributed by atoms with Crippen LogP contribution in [0.2, 0.25) is 0 Å². The molecule has 2 aliphatic rings.